The van der Waals surface area contributed by atoms with Crippen molar-refractivity contribution in [3.63, 3.8) is 0 Å². The van der Waals surface area contributed by atoms with Crippen LogP contribution in [0.3, 0.4) is 0 Å². The number of esters is 1. The number of nitrogens with one attached hydrogen (secondary N) is 1. The Bertz CT molecular complexity index is 818. The fraction of sp³-hybridized carbons (Fsp3) is 0.591. The van der Waals surface area contributed by atoms with Gasteiger partial charge in [-0.25, -0.2) is 13.1 Å². The van der Waals surface area contributed by atoms with Gasteiger partial charge in [0.25, 0.3) is 0 Å². The number of carbonyl (C=O) groups excluding carboxylic acids is 1. The van der Waals surface area contributed by atoms with Crippen LogP contribution in [0.2, 0.25) is 0 Å². The summed E-state index contributed by atoms with van der Waals surface area (Å²) in [5.74, 6) is 1.80. The van der Waals surface area contributed by atoms with E-state index in [9.17, 15) is 13.2 Å². The molecule has 0 saturated heterocycles. The average molecular weight is 422 g/mol. The van der Waals surface area contributed by atoms with Crippen molar-refractivity contribution in [2.75, 3.05) is 14.2 Å². The highest BCUT2D eigenvalue weighted by Gasteiger charge is 2.48. The largest absolute Gasteiger partial charge is 0.497 e. The first kappa shape index (κ1) is 21.8. The van der Waals surface area contributed by atoms with Gasteiger partial charge in [-0.1, -0.05) is 12.2 Å². The highest BCUT2D eigenvalue weighted by Crippen LogP contribution is 2.50. The molecule has 4 unspecified atom stereocenters. The molecule has 2 aliphatic rings. The first-order valence-electron chi connectivity index (χ1n) is 10.3. The van der Waals surface area contributed by atoms with Crippen molar-refractivity contribution < 1.29 is 22.7 Å². The zero-order valence-corrected chi connectivity index (χ0v) is 18.0. The van der Waals surface area contributed by atoms with E-state index < -0.39 is 10.0 Å². The van der Waals surface area contributed by atoms with Crippen LogP contribution in [0.25, 0.3) is 0 Å². The molecule has 1 aromatic carbocycles. The van der Waals surface area contributed by atoms with Gasteiger partial charge in [0.05, 0.1) is 19.1 Å². The summed E-state index contributed by atoms with van der Waals surface area (Å²) in [6.45, 7) is 0. The van der Waals surface area contributed by atoms with Crippen molar-refractivity contribution in [2.45, 2.75) is 55.9 Å². The monoisotopic (exact) mass is 421 g/mol. The van der Waals surface area contributed by atoms with Gasteiger partial charge in [-0.3, -0.25) is 4.79 Å². The van der Waals surface area contributed by atoms with Crippen LogP contribution >= 0.6 is 0 Å². The molecule has 0 heterocycles. The number of benzene rings is 1. The SMILES string of the molecule is COC(=O)CCC/C=C\CC1C2CCC(C2)C1NS(=O)(=O)c1ccc(OC)cc1. The van der Waals surface area contributed by atoms with E-state index in [1.54, 1.807) is 31.4 Å². The van der Waals surface area contributed by atoms with Crippen LogP contribution in [-0.4, -0.2) is 34.6 Å². The van der Waals surface area contributed by atoms with E-state index in [-0.39, 0.29) is 16.9 Å². The van der Waals surface area contributed by atoms with Crippen LogP contribution in [0, 0.1) is 17.8 Å². The summed E-state index contributed by atoms with van der Waals surface area (Å²) in [5, 5.41) is 0. The van der Waals surface area contributed by atoms with Gasteiger partial charge < -0.3 is 9.47 Å². The van der Waals surface area contributed by atoms with Gasteiger partial charge in [0.2, 0.25) is 10.0 Å². The summed E-state index contributed by atoms with van der Waals surface area (Å²) in [7, 11) is -0.593. The molecule has 0 radical (unpaired) electrons. The van der Waals surface area contributed by atoms with E-state index in [4.69, 9.17) is 4.74 Å². The maximum Gasteiger partial charge on any atom is 0.305 e. The molecule has 0 amide bonds. The molecule has 0 aliphatic heterocycles. The zero-order valence-electron chi connectivity index (χ0n) is 17.2. The third-order valence-electron chi connectivity index (χ3n) is 6.30. The van der Waals surface area contributed by atoms with Crippen molar-refractivity contribution in [2.24, 2.45) is 17.8 Å². The van der Waals surface area contributed by atoms with Crippen molar-refractivity contribution in [1.29, 1.82) is 0 Å². The molecule has 6 nitrogen and oxygen atoms in total. The smallest absolute Gasteiger partial charge is 0.305 e. The third kappa shape index (κ3) is 5.39. The minimum atomic E-state index is -3.56. The Morgan fingerprint density at radius 1 is 1.14 bits per heavy atom. The number of fused-ring (bicyclic) bond motifs is 2. The number of hydrogen-bond acceptors (Lipinski definition) is 5. The first-order valence-corrected chi connectivity index (χ1v) is 11.8. The molecule has 29 heavy (non-hydrogen) atoms. The Morgan fingerprint density at radius 2 is 1.86 bits per heavy atom. The van der Waals surface area contributed by atoms with Crippen molar-refractivity contribution in [1.82, 2.24) is 4.72 Å². The van der Waals surface area contributed by atoms with Crippen molar-refractivity contribution in [3.8, 4) is 5.75 Å². The summed E-state index contributed by atoms with van der Waals surface area (Å²) in [6, 6.07) is 6.50. The van der Waals surface area contributed by atoms with E-state index >= 15 is 0 Å². The molecule has 2 aliphatic carbocycles. The lowest BCUT2D eigenvalue weighted by atomic mass is 9.83. The molecule has 1 N–H and O–H groups in total. The zero-order chi connectivity index (χ0) is 20.9. The summed E-state index contributed by atoms with van der Waals surface area (Å²) in [6.07, 6.45) is 10.5. The van der Waals surface area contributed by atoms with E-state index in [0.29, 0.717) is 29.9 Å². The van der Waals surface area contributed by atoms with Crippen LogP contribution < -0.4 is 9.46 Å². The number of ether oxygens (including phenoxy) is 2. The normalized spacial score (nSPS) is 26.1. The Balaban J connectivity index is 1.59. The van der Waals surface area contributed by atoms with Crippen LogP contribution in [0.15, 0.2) is 41.3 Å². The number of rotatable bonds is 10. The predicted octanol–water partition coefficient (Wildman–Crippen LogP) is 3.68. The summed E-state index contributed by atoms with van der Waals surface area (Å²) >= 11 is 0. The van der Waals surface area contributed by atoms with E-state index in [1.165, 1.54) is 13.5 Å². The molecule has 0 aromatic heterocycles. The topological polar surface area (TPSA) is 81.7 Å². The molecule has 2 fully saturated rings. The van der Waals surface area contributed by atoms with Gasteiger partial charge in [-0.05, 0) is 80.5 Å². The molecule has 2 saturated carbocycles. The number of carbonyl (C=O) groups is 1. The minimum Gasteiger partial charge on any atom is -0.497 e. The Morgan fingerprint density at radius 3 is 2.55 bits per heavy atom. The minimum absolute atomic E-state index is 0.0134. The van der Waals surface area contributed by atoms with Gasteiger partial charge in [-0.15, -0.1) is 0 Å². The van der Waals surface area contributed by atoms with Gasteiger partial charge >= 0.3 is 5.97 Å². The molecule has 3 rings (SSSR count). The Kier molecular flexibility index (Phi) is 7.35. The number of methoxy groups -OCH3 is 2. The van der Waals surface area contributed by atoms with E-state index in [0.717, 1.165) is 32.1 Å². The fourth-order valence-corrected chi connectivity index (χ4v) is 6.13. The second kappa shape index (κ2) is 9.76. The number of sulfonamides is 1. The quantitative estimate of drug-likeness (QED) is 0.354. The summed E-state index contributed by atoms with van der Waals surface area (Å²) < 4.78 is 38.6. The number of allylic oxidation sites excluding steroid dienone is 2. The highest BCUT2D eigenvalue weighted by atomic mass is 32.2. The molecule has 0 spiro atoms. The van der Waals surface area contributed by atoms with Crippen LogP contribution in [0.4, 0.5) is 0 Å². The van der Waals surface area contributed by atoms with Crippen molar-refractivity contribution >= 4 is 16.0 Å². The molecular formula is C22H31NO5S. The van der Waals surface area contributed by atoms with E-state index in [1.807, 2.05) is 0 Å². The summed E-state index contributed by atoms with van der Waals surface area (Å²) in [5.41, 5.74) is 0. The molecule has 2 bridgehead atoms. The lowest BCUT2D eigenvalue weighted by Gasteiger charge is -2.31. The third-order valence-corrected chi connectivity index (χ3v) is 7.78. The lowest BCUT2D eigenvalue weighted by Crippen LogP contribution is -2.43. The van der Waals surface area contributed by atoms with Gasteiger partial charge in [0.1, 0.15) is 5.75 Å². The maximum absolute atomic E-state index is 12.9. The Hall–Kier alpha value is -1.86. The van der Waals surface area contributed by atoms with Gasteiger partial charge in [0.15, 0.2) is 0 Å². The predicted molar refractivity (Wildman–Crippen MR) is 111 cm³/mol. The molecular weight excluding hydrogens is 390 g/mol. The molecule has 4 atom stereocenters. The summed E-state index contributed by atoms with van der Waals surface area (Å²) in [4.78, 5) is 11.4. The Labute approximate surface area is 173 Å². The number of hydrogen-bond donors (Lipinski definition) is 1. The van der Waals surface area contributed by atoms with Crippen LogP contribution in [0.1, 0.15) is 44.9 Å². The second-order valence-corrected chi connectivity index (χ2v) is 9.71. The highest BCUT2D eigenvalue weighted by molar-refractivity contribution is 7.89. The van der Waals surface area contributed by atoms with Gasteiger partial charge in [-0.2, -0.15) is 0 Å². The van der Waals surface area contributed by atoms with Crippen LogP contribution in [0.5, 0.6) is 5.75 Å². The first-order chi connectivity index (χ1) is 13.9. The fourth-order valence-electron chi connectivity index (χ4n) is 4.77. The van der Waals surface area contributed by atoms with Crippen molar-refractivity contribution in [3.05, 3.63) is 36.4 Å². The lowest BCUT2D eigenvalue weighted by molar-refractivity contribution is -0.140. The second-order valence-electron chi connectivity index (χ2n) is 8.00. The van der Waals surface area contributed by atoms with E-state index in [2.05, 4.69) is 21.6 Å². The molecule has 1 aromatic rings. The van der Waals surface area contributed by atoms with Crippen LogP contribution in [-0.2, 0) is 19.6 Å². The number of unbranched alkanes of at least 4 members (excludes halogenated alkanes) is 1. The standard InChI is InChI=1S/C22H31NO5S/c1-27-18-11-13-19(14-12-18)29(25,26)23-22-17-10-9-16(15-17)20(22)7-5-3-4-6-8-21(24)28-2/h3,5,11-14,16-17,20,22-23H,4,6-10,15H2,1-2H3/b5-3-. The molecule has 7 heteroatoms. The van der Waals surface area contributed by atoms with Gasteiger partial charge in [0, 0.05) is 12.5 Å². The average Bonchev–Trinajstić information content (AvgIpc) is 3.32. The molecule has 160 valence electrons. The maximum atomic E-state index is 12.9.